The molecule has 0 aliphatic heterocycles. The number of nitriles is 1. The molecule has 0 spiro atoms. The molecule has 0 unspecified atom stereocenters. The summed E-state index contributed by atoms with van der Waals surface area (Å²) < 4.78 is 0. The summed E-state index contributed by atoms with van der Waals surface area (Å²) in [5, 5.41) is 17.7. The van der Waals surface area contributed by atoms with E-state index in [1.165, 1.54) is 0 Å². The first-order chi connectivity index (χ1) is 9.60. The fraction of sp³-hybridized carbons (Fsp3) is 0.125. The summed E-state index contributed by atoms with van der Waals surface area (Å²) in [5.74, 6) is -0.930. The largest absolute Gasteiger partial charge is 0.478 e. The van der Waals surface area contributed by atoms with Gasteiger partial charge in [0.15, 0.2) is 0 Å². The number of hydrogen-bond donors (Lipinski definition) is 1. The van der Waals surface area contributed by atoms with Gasteiger partial charge in [0.25, 0.3) is 0 Å². The lowest BCUT2D eigenvalue weighted by Crippen LogP contribution is -2.16. The highest BCUT2D eigenvalue weighted by molar-refractivity contribution is 5.88. The van der Waals surface area contributed by atoms with Crippen LogP contribution < -0.4 is 4.90 Å². The van der Waals surface area contributed by atoms with Crippen molar-refractivity contribution in [1.29, 1.82) is 5.26 Å². The van der Waals surface area contributed by atoms with Crippen molar-refractivity contribution >= 4 is 11.7 Å². The fourth-order valence-corrected chi connectivity index (χ4v) is 1.96. The van der Waals surface area contributed by atoms with Gasteiger partial charge in [0.1, 0.15) is 0 Å². The van der Waals surface area contributed by atoms with Crippen molar-refractivity contribution in [2.75, 3.05) is 11.9 Å². The lowest BCUT2D eigenvalue weighted by Gasteiger charge is -2.19. The van der Waals surface area contributed by atoms with Crippen molar-refractivity contribution in [1.82, 2.24) is 0 Å². The van der Waals surface area contributed by atoms with Crippen molar-refractivity contribution in [3.8, 4) is 6.07 Å². The standard InChI is InChI=1S/C16H14N2O2/c1-18(11-13-4-2-3-12(9-13)10-17)15-7-5-14(6-8-15)16(19)20/h2-9H,11H2,1H3,(H,19,20). The van der Waals surface area contributed by atoms with Gasteiger partial charge in [-0.15, -0.1) is 0 Å². The molecule has 2 aromatic rings. The van der Waals surface area contributed by atoms with Gasteiger partial charge in [0, 0.05) is 19.3 Å². The first-order valence-electron chi connectivity index (χ1n) is 6.13. The molecule has 20 heavy (non-hydrogen) atoms. The van der Waals surface area contributed by atoms with Crippen LogP contribution in [0.1, 0.15) is 21.5 Å². The SMILES string of the molecule is CN(Cc1cccc(C#N)c1)c1ccc(C(=O)O)cc1. The highest BCUT2D eigenvalue weighted by Gasteiger charge is 2.05. The minimum atomic E-state index is -0.930. The quantitative estimate of drug-likeness (QED) is 0.924. The summed E-state index contributed by atoms with van der Waals surface area (Å²) in [5.41, 5.74) is 2.87. The molecule has 1 N–H and O–H groups in total. The molecule has 0 fully saturated rings. The summed E-state index contributed by atoms with van der Waals surface area (Å²) in [6.45, 7) is 0.655. The van der Waals surface area contributed by atoms with Gasteiger partial charge in [-0.05, 0) is 42.0 Å². The normalized spacial score (nSPS) is 9.80. The Morgan fingerprint density at radius 1 is 1.25 bits per heavy atom. The molecule has 0 saturated heterocycles. The molecule has 100 valence electrons. The third kappa shape index (κ3) is 3.15. The lowest BCUT2D eigenvalue weighted by atomic mass is 10.1. The number of anilines is 1. The van der Waals surface area contributed by atoms with Crippen molar-refractivity contribution < 1.29 is 9.90 Å². The van der Waals surface area contributed by atoms with Crippen LogP contribution in [0, 0.1) is 11.3 Å². The molecular weight excluding hydrogens is 252 g/mol. The molecule has 2 rings (SSSR count). The predicted molar refractivity (Wildman–Crippen MR) is 76.7 cm³/mol. The van der Waals surface area contributed by atoms with Crippen molar-refractivity contribution in [3.05, 3.63) is 65.2 Å². The molecule has 2 aromatic carbocycles. The number of benzene rings is 2. The second-order valence-electron chi connectivity index (χ2n) is 4.52. The van der Waals surface area contributed by atoms with Crippen molar-refractivity contribution in [3.63, 3.8) is 0 Å². The Morgan fingerprint density at radius 3 is 2.55 bits per heavy atom. The third-order valence-electron chi connectivity index (χ3n) is 3.03. The smallest absolute Gasteiger partial charge is 0.335 e. The zero-order valence-corrected chi connectivity index (χ0v) is 11.1. The first kappa shape index (κ1) is 13.6. The van der Waals surface area contributed by atoms with E-state index in [1.54, 1.807) is 30.3 Å². The highest BCUT2D eigenvalue weighted by Crippen LogP contribution is 2.17. The number of rotatable bonds is 4. The maximum absolute atomic E-state index is 10.8. The van der Waals surface area contributed by atoms with Crippen LogP contribution in [0.15, 0.2) is 48.5 Å². The molecular formula is C16H14N2O2. The number of carboxylic acids is 1. The molecule has 0 saturated carbocycles. The molecule has 0 amide bonds. The van der Waals surface area contributed by atoms with Gasteiger partial charge < -0.3 is 10.0 Å². The van der Waals surface area contributed by atoms with Crippen LogP contribution in [0.3, 0.4) is 0 Å². The molecule has 0 aliphatic carbocycles. The minimum absolute atomic E-state index is 0.272. The molecule has 0 atom stereocenters. The van der Waals surface area contributed by atoms with Crippen LogP contribution in [0.4, 0.5) is 5.69 Å². The highest BCUT2D eigenvalue weighted by atomic mass is 16.4. The summed E-state index contributed by atoms with van der Waals surface area (Å²) >= 11 is 0. The van der Waals surface area contributed by atoms with Crippen molar-refractivity contribution in [2.24, 2.45) is 0 Å². The Balaban J connectivity index is 2.13. The van der Waals surface area contributed by atoms with E-state index >= 15 is 0 Å². The van der Waals surface area contributed by atoms with E-state index in [0.29, 0.717) is 12.1 Å². The van der Waals surface area contributed by atoms with Gasteiger partial charge in [0.05, 0.1) is 17.2 Å². The molecule has 0 bridgehead atoms. The Kier molecular flexibility index (Phi) is 4.02. The van der Waals surface area contributed by atoms with Gasteiger partial charge in [-0.1, -0.05) is 12.1 Å². The molecule has 0 radical (unpaired) electrons. The maximum atomic E-state index is 10.8. The topological polar surface area (TPSA) is 64.3 Å². The van der Waals surface area contributed by atoms with Crippen LogP contribution >= 0.6 is 0 Å². The van der Waals surface area contributed by atoms with Gasteiger partial charge in [-0.2, -0.15) is 5.26 Å². The van der Waals surface area contributed by atoms with Gasteiger partial charge in [-0.3, -0.25) is 0 Å². The monoisotopic (exact) mass is 266 g/mol. The number of aromatic carboxylic acids is 1. The van der Waals surface area contributed by atoms with Crippen LogP contribution in [-0.4, -0.2) is 18.1 Å². The average Bonchev–Trinajstić information content (AvgIpc) is 2.47. The van der Waals surface area contributed by atoms with Gasteiger partial charge >= 0.3 is 5.97 Å². The van der Waals surface area contributed by atoms with Crippen LogP contribution in [0.25, 0.3) is 0 Å². The van der Waals surface area contributed by atoms with E-state index in [9.17, 15) is 4.79 Å². The van der Waals surface area contributed by atoms with E-state index in [-0.39, 0.29) is 5.56 Å². The fourth-order valence-electron chi connectivity index (χ4n) is 1.96. The molecule has 4 nitrogen and oxygen atoms in total. The predicted octanol–water partition coefficient (Wildman–Crippen LogP) is 2.89. The zero-order chi connectivity index (χ0) is 14.5. The second-order valence-corrected chi connectivity index (χ2v) is 4.52. The minimum Gasteiger partial charge on any atom is -0.478 e. The van der Waals surface area contributed by atoms with E-state index in [1.807, 2.05) is 30.1 Å². The van der Waals surface area contributed by atoms with Crippen molar-refractivity contribution in [2.45, 2.75) is 6.54 Å². The van der Waals surface area contributed by atoms with E-state index in [4.69, 9.17) is 10.4 Å². The summed E-state index contributed by atoms with van der Waals surface area (Å²) in [4.78, 5) is 12.8. The molecule has 0 aliphatic rings. The third-order valence-corrected chi connectivity index (χ3v) is 3.03. The van der Waals surface area contributed by atoms with E-state index < -0.39 is 5.97 Å². The number of nitrogens with zero attached hydrogens (tertiary/aromatic N) is 2. The molecule has 0 aromatic heterocycles. The molecule has 4 heteroatoms. The van der Waals surface area contributed by atoms with E-state index in [2.05, 4.69) is 6.07 Å². The Morgan fingerprint density at radius 2 is 1.95 bits per heavy atom. The average molecular weight is 266 g/mol. The Hall–Kier alpha value is -2.80. The van der Waals surface area contributed by atoms with E-state index in [0.717, 1.165) is 11.3 Å². The Labute approximate surface area is 117 Å². The summed E-state index contributed by atoms with van der Waals surface area (Å²) in [6.07, 6.45) is 0. The van der Waals surface area contributed by atoms with Crippen LogP contribution in [0.5, 0.6) is 0 Å². The summed E-state index contributed by atoms with van der Waals surface area (Å²) in [6, 6.07) is 16.3. The lowest BCUT2D eigenvalue weighted by molar-refractivity contribution is 0.0697. The zero-order valence-electron chi connectivity index (χ0n) is 11.1. The summed E-state index contributed by atoms with van der Waals surface area (Å²) in [7, 11) is 1.93. The first-order valence-corrected chi connectivity index (χ1v) is 6.13. The molecule has 0 heterocycles. The van der Waals surface area contributed by atoms with Crippen LogP contribution in [0.2, 0.25) is 0 Å². The van der Waals surface area contributed by atoms with Gasteiger partial charge in [0.2, 0.25) is 0 Å². The Bertz CT molecular complexity index is 657. The second kappa shape index (κ2) is 5.89. The number of carbonyl (C=O) groups is 1. The maximum Gasteiger partial charge on any atom is 0.335 e. The number of hydrogen-bond acceptors (Lipinski definition) is 3. The van der Waals surface area contributed by atoms with Crippen LogP contribution in [-0.2, 0) is 6.54 Å². The van der Waals surface area contributed by atoms with Gasteiger partial charge in [-0.25, -0.2) is 4.79 Å². The number of carboxylic acid groups (broad SMARTS) is 1.